The summed E-state index contributed by atoms with van der Waals surface area (Å²) < 4.78 is 3.70. The highest BCUT2D eigenvalue weighted by atomic mass is 32.1. The number of amides is 1. The van der Waals surface area contributed by atoms with Gasteiger partial charge in [-0.1, -0.05) is 9.64 Å². The van der Waals surface area contributed by atoms with Crippen LogP contribution in [-0.4, -0.2) is 26.5 Å². The third-order valence-corrected chi connectivity index (χ3v) is 3.23. The molecule has 0 saturated carbocycles. The van der Waals surface area contributed by atoms with Gasteiger partial charge in [0.05, 0.1) is 5.69 Å². The highest BCUT2D eigenvalue weighted by Crippen LogP contribution is 2.14. The van der Waals surface area contributed by atoms with Gasteiger partial charge in [0.25, 0.3) is 5.91 Å². The zero-order valence-corrected chi connectivity index (χ0v) is 10.8. The second-order valence-corrected chi connectivity index (χ2v) is 4.46. The van der Waals surface area contributed by atoms with Gasteiger partial charge < -0.3 is 16.3 Å². The Kier molecular flexibility index (Phi) is 3.71. The Morgan fingerprint density at radius 2 is 2.11 bits per heavy atom. The Hall–Kier alpha value is -2.48. The number of benzene rings is 1. The number of rotatable bonds is 3. The summed E-state index contributed by atoms with van der Waals surface area (Å²) in [6.07, 6.45) is 0. The van der Waals surface area contributed by atoms with Crippen LogP contribution in [0.25, 0.3) is 0 Å². The number of nitrogens with one attached hydrogen (secondary N) is 1. The molecule has 2 aromatic rings. The van der Waals surface area contributed by atoms with Crippen LogP contribution >= 0.6 is 11.5 Å². The molecule has 2 rings (SSSR count). The van der Waals surface area contributed by atoms with Crippen molar-refractivity contribution in [1.82, 2.24) is 9.59 Å². The summed E-state index contributed by atoms with van der Waals surface area (Å²) in [4.78, 5) is 12.4. The first-order chi connectivity index (χ1) is 9.11. The largest absolute Gasteiger partial charge is 0.409 e. The summed E-state index contributed by atoms with van der Waals surface area (Å²) in [5, 5.41) is 17.9. The molecule has 0 aliphatic heterocycles. The van der Waals surface area contributed by atoms with E-state index in [9.17, 15) is 4.79 Å². The summed E-state index contributed by atoms with van der Waals surface area (Å²) in [6.45, 7) is 1.72. The van der Waals surface area contributed by atoms with Crippen LogP contribution in [0.3, 0.4) is 0 Å². The summed E-state index contributed by atoms with van der Waals surface area (Å²) in [6, 6.07) is 6.61. The fraction of sp³-hybridized carbons (Fsp3) is 0.0909. The number of carbonyl (C=O) groups is 1. The molecule has 0 radical (unpaired) electrons. The number of carbonyl (C=O) groups excluding carboxylic acids is 1. The summed E-state index contributed by atoms with van der Waals surface area (Å²) in [7, 11) is 0. The van der Waals surface area contributed by atoms with Gasteiger partial charge in [-0.2, -0.15) is 0 Å². The third kappa shape index (κ3) is 2.86. The van der Waals surface area contributed by atoms with E-state index < -0.39 is 0 Å². The number of hydrogen-bond acceptors (Lipinski definition) is 6. The van der Waals surface area contributed by atoms with Crippen LogP contribution in [0.15, 0.2) is 29.4 Å². The number of nitrogens with two attached hydrogens (primary N) is 1. The van der Waals surface area contributed by atoms with Crippen LogP contribution in [0.4, 0.5) is 5.69 Å². The van der Waals surface area contributed by atoms with E-state index in [1.807, 2.05) is 0 Å². The first kappa shape index (κ1) is 13.0. The van der Waals surface area contributed by atoms with Gasteiger partial charge in [0.1, 0.15) is 4.88 Å². The Bertz CT molecular complexity index is 620. The van der Waals surface area contributed by atoms with Gasteiger partial charge in [-0.25, -0.2) is 0 Å². The molecule has 19 heavy (non-hydrogen) atoms. The van der Waals surface area contributed by atoms with Crippen LogP contribution < -0.4 is 11.1 Å². The molecule has 1 heterocycles. The standard InChI is InChI=1S/C11H11N5O2S/c1-6-9(19-16-14-6)11(17)13-8-4-2-7(3-5-8)10(12)15-18/h2-5,18H,1H3,(H2,12,15)(H,13,17). The zero-order chi connectivity index (χ0) is 13.8. The van der Waals surface area contributed by atoms with Crippen LogP contribution in [0.1, 0.15) is 20.9 Å². The van der Waals surface area contributed by atoms with Crippen molar-refractivity contribution in [3.63, 3.8) is 0 Å². The maximum atomic E-state index is 11.9. The van der Waals surface area contributed by atoms with E-state index in [2.05, 4.69) is 20.1 Å². The first-order valence-corrected chi connectivity index (χ1v) is 6.07. The van der Waals surface area contributed by atoms with E-state index in [0.717, 1.165) is 11.5 Å². The second-order valence-electron chi connectivity index (χ2n) is 3.70. The minimum absolute atomic E-state index is 0.0142. The number of oxime groups is 1. The molecule has 0 aliphatic carbocycles. The predicted octanol–water partition coefficient (Wildman–Crippen LogP) is 1.19. The highest BCUT2D eigenvalue weighted by molar-refractivity contribution is 7.08. The Morgan fingerprint density at radius 1 is 1.42 bits per heavy atom. The monoisotopic (exact) mass is 277 g/mol. The molecule has 7 nitrogen and oxygen atoms in total. The lowest BCUT2D eigenvalue weighted by molar-refractivity contribution is 0.103. The lowest BCUT2D eigenvalue weighted by atomic mass is 10.2. The lowest BCUT2D eigenvalue weighted by Crippen LogP contribution is -2.14. The van der Waals surface area contributed by atoms with Gasteiger partial charge in [0.15, 0.2) is 5.84 Å². The molecule has 0 spiro atoms. The van der Waals surface area contributed by atoms with Gasteiger partial charge >= 0.3 is 0 Å². The van der Waals surface area contributed by atoms with Crippen molar-refractivity contribution in [3.8, 4) is 0 Å². The number of hydrogen-bond donors (Lipinski definition) is 3. The van der Waals surface area contributed by atoms with Crippen molar-refractivity contribution < 1.29 is 10.0 Å². The summed E-state index contributed by atoms with van der Waals surface area (Å²) in [5.74, 6) is -0.246. The van der Waals surface area contributed by atoms with Crippen molar-refractivity contribution in [1.29, 1.82) is 0 Å². The van der Waals surface area contributed by atoms with E-state index in [1.54, 1.807) is 31.2 Å². The maximum absolute atomic E-state index is 11.9. The number of amidine groups is 1. The van der Waals surface area contributed by atoms with E-state index in [-0.39, 0.29) is 11.7 Å². The molecule has 0 bridgehead atoms. The summed E-state index contributed by atoms with van der Waals surface area (Å²) in [5.41, 5.74) is 7.20. The molecule has 98 valence electrons. The van der Waals surface area contributed by atoms with Crippen LogP contribution in [0, 0.1) is 6.92 Å². The third-order valence-electron chi connectivity index (χ3n) is 2.40. The van der Waals surface area contributed by atoms with Crippen molar-refractivity contribution in [2.45, 2.75) is 6.92 Å². The molecule has 1 amide bonds. The molecule has 0 aliphatic rings. The van der Waals surface area contributed by atoms with Crippen molar-refractivity contribution in [2.24, 2.45) is 10.9 Å². The molecule has 8 heteroatoms. The number of aryl methyl sites for hydroxylation is 1. The quantitative estimate of drug-likeness (QED) is 0.337. The zero-order valence-electron chi connectivity index (χ0n) is 9.99. The van der Waals surface area contributed by atoms with Crippen molar-refractivity contribution in [3.05, 3.63) is 40.4 Å². The number of aromatic nitrogens is 2. The van der Waals surface area contributed by atoms with E-state index in [0.29, 0.717) is 21.8 Å². The fourth-order valence-corrected chi connectivity index (χ4v) is 1.96. The van der Waals surface area contributed by atoms with Gasteiger partial charge in [0, 0.05) is 11.3 Å². The molecule has 0 saturated heterocycles. The van der Waals surface area contributed by atoms with E-state index in [4.69, 9.17) is 10.9 Å². The molecule has 4 N–H and O–H groups in total. The lowest BCUT2D eigenvalue weighted by Gasteiger charge is -2.04. The molecule has 0 atom stereocenters. The van der Waals surface area contributed by atoms with Gasteiger partial charge in [-0.3, -0.25) is 4.79 Å². The Labute approximate surface area is 112 Å². The molecular formula is C11H11N5O2S. The van der Waals surface area contributed by atoms with E-state index in [1.165, 1.54) is 0 Å². The Balaban J connectivity index is 2.12. The summed E-state index contributed by atoms with van der Waals surface area (Å²) >= 11 is 1.04. The van der Waals surface area contributed by atoms with Crippen LogP contribution in [-0.2, 0) is 0 Å². The van der Waals surface area contributed by atoms with Crippen LogP contribution in [0.2, 0.25) is 0 Å². The maximum Gasteiger partial charge on any atom is 0.269 e. The SMILES string of the molecule is Cc1nnsc1C(=O)Nc1ccc(C(N)=NO)cc1. The Morgan fingerprint density at radius 3 is 2.63 bits per heavy atom. The molecule has 1 aromatic heterocycles. The fourth-order valence-electron chi connectivity index (χ4n) is 1.41. The van der Waals surface area contributed by atoms with E-state index >= 15 is 0 Å². The highest BCUT2D eigenvalue weighted by Gasteiger charge is 2.13. The van der Waals surface area contributed by atoms with Crippen LogP contribution in [0.5, 0.6) is 0 Å². The van der Waals surface area contributed by atoms with Gasteiger partial charge in [0.2, 0.25) is 0 Å². The normalized spacial score (nSPS) is 11.3. The average molecular weight is 277 g/mol. The topological polar surface area (TPSA) is 113 Å². The van der Waals surface area contributed by atoms with Gasteiger partial charge in [-0.15, -0.1) is 5.10 Å². The smallest absolute Gasteiger partial charge is 0.269 e. The predicted molar refractivity (Wildman–Crippen MR) is 71.6 cm³/mol. The second kappa shape index (κ2) is 5.44. The number of anilines is 1. The van der Waals surface area contributed by atoms with Gasteiger partial charge in [-0.05, 0) is 42.7 Å². The minimum Gasteiger partial charge on any atom is -0.409 e. The first-order valence-electron chi connectivity index (χ1n) is 5.30. The van der Waals surface area contributed by atoms with Crippen molar-refractivity contribution in [2.75, 3.05) is 5.32 Å². The average Bonchev–Trinajstić information content (AvgIpc) is 2.85. The molecule has 0 fully saturated rings. The number of nitrogens with zero attached hydrogens (tertiary/aromatic N) is 3. The van der Waals surface area contributed by atoms with Crippen molar-refractivity contribution >= 4 is 29.0 Å². The molecule has 1 aromatic carbocycles. The minimum atomic E-state index is -0.260. The molecular weight excluding hydrogens is 266 g/mol. The molecule has 0 unspecified atom stereocenters.